The van der Waals surface area contributed by atoms with E-state index in [1.807, 2.05) is 30.5 Å². The van der Waals surface area contributed by atoms with Crippen molar-refractivity contribution in [3.05, 3.63) is 36.2 Å². The van der Waals surface area contributed by atoms with E-state index in [9.17, 15) is 0 Å². The van der Waals surface area contributed by atoms with Gasteiger partial charge in [-0.05, 0) is 24.3 Å². The highest BCUT2D eigenvalue weighted by molar-refractivity contribution is 5.56. The molecule has 2 aromatic rings. The van der Waals surface area contributed by atoms with Gasteiger partial charge in [0.2, 0.25) is 0 Å². The molecule has 0 unspecified atom stereocenters. The van der Waals surface area contributed by atoms with Gasteiger partial charge in [0.1, 0.15) is 11.6 Å². The van der Waals surface area contributed by atoms with E-state index < -0.39 is 0 Å². The fourth-order valence-electron chi connectivity index (χ4n) is 1.60. The van der Waals surface area contributed by atoms with Crippen molar-refractivity contribution in [2.45, 2.75) is 26.2 Å². The maximum absolute atomic E-state index is 5.13. The van der Waals surface area contributed by atoms with E-state index in [0.717, 1.165) is 22.8 Å². The molecule has 0 bridgehead atoms. The summed E-state index contributed by atoms with van der Waals surface area (Å²) in [5.74, 6) is 1.76. The second-order valence-corrected chi connectivity index (χ2v) is 5.12. The van der Waals surface area contributed by atoms with Gasteiger partial charge in [-0.2, -0.15) is 0 Å². The molecule has 0 amide bonds. The summed E-state index contributed by atoms with van der Waals surface area (Å²) in [5.41, 5.74) is 2.31. The van der Waals surface area contributed by atoms with Crippen LogP contribution in [0.15, 0.2) is 30.5 Å². The van der Waals surface area contributed by atoms with Gasteiger partial charge in [0.15, 0.2) is 0 Å². The Labute approximate surface area is 102 Å². The Hall–Kier alpha value is -1.77. The Balaban J connectivity index is 2.30. The third-order valence-corrected chi connectivity index (χ3v) is 2.75. The van der Waals surface area contributed by atoms with Gasteiger partial charge in [0.25, 0.3) is 0 Å². The minimum absolute atomic E-state index is 0.0950. The molecule has 0 aliphatic carbocycles. The number of hydrogen-bond donors (Lipinski definition) is 1. The van der Waals surface area contributed by atoms with Crippen LogP contribution in [0.1, 0.15) is 26.5 Å². The van der Waals surface area contributed by atoms with Crippen molar-refractivity contribution in [1.82, 2.24) is 9.97 Å². The number of ether oxygens (including phenoxy) is 1. The highest BCUT2D eigenvalue weighted by atomic mass is 16.5. The molecule has 1 aromatic heterocycles. The van der Waals surface area contributed by atoms with Crippen molar-refractivity contribution in [3.8, 4) is 17.1 Å². The van der Waals surface area contributed by atoms with Gasteiger partial charge in [-0.3, -0.25) is 0 Å². The summed E-state index contributed by atoms with van der Waals surface area (Å²) in [5, 5.41) is 0. The van der Waals surface area contributed by atoms with Crippen molar-refractivity contribution in [2.24, 2.45) is 0 Å². The summed E-state index contributed by atoms with van der Waals surface area (Å²) in [7, 11) is 1.67. The minimum atomic E-state index is 0.0950. The summed E-state index contributed by atoms with van der Waals surface area (Å²) in [6.07, 6.45) is 1.90. The van der Waals surface area contributed by atoms with Crippen LogP contribution in [0.25, 0.3) is 11.4 Å². The molecule has 0 aliphatic rings. The third kappa shape index (κ3) is 2.49. The first-order valence-corrected chi connectivity index (χ1v) is 5.70. The summed E-state index contributed by atoms with van der Waals surface area (Å²) < 4.78 is 5.13. The molecule has 3 heteroatoms. The Kier molecular flexibility index (Phi) is 2.92. The van der Waals surface area contributed by atoms with Gasteiger partial charge in [0, 0.05) is 22.9 Å². The summed E-state index contributed by atoms with van der Waals surface area (Å²) in [6, 6.07) is 7.89. The average Bonchev–Trinajstić information content (AvgIpc) is 2.78. The van der Waals surface area contributed by atoms with Crippen LogP contribution >= 0.6 is 0 Å². The zero-order valence-corrected chi connectivity index (χ0v) is 10.7. The van der Waals surface area contributed by atoms with Crippen LogP contribution < -0.4 is 4.74 Å². The van der Waals surface area contributed by atoms with Crippen molar-refractivity contribution in [2.75, 3.05) is 7.11 Å². The molecule has 1 N–H and O–H groups in total. The van der Waals surface area contributed by atoms with Crippen LogP contribution in [0.2, 0.25) is 0 Å². The first-order valence-electron chi connectivity index (χ1n) is 5.70. The molecule has 0 aliphatic heterocycles. The van der Waals surface area contributed by atoms with Gasteiger partial charge in [0.05, 0.1) is 7.11 Å². The molecular formula is C14H18N2O. The Bertz CT molecular complexity index is 492. The Morgan fingerprint density at radius 2 is 1.76 bits per heavy atom. The lowest BCUT2D eigenvalue weighted by molar-refractivity contribution is 0.415. The number of benzene rings is 1. The number of hydrogen-bond acceptors (Lipinski definition) is 2. The molecule has 0 saturated heterocycles. The Morgan fingerprint density at radius 1 is 1.12 bits per heavy atom. The van der Waals surface area contributed by atoms with Crippen LogP contribution in [0.4, 0.5) is 0 Å². The molecule has 2 rings (SSSR count). The standard InChI is InChI=1S/C14H18N2O/c1-14(2,3)12-9-15-13(16-12)10-5-7-11(17-4)8-6-10/h5-9H,1-4H3,(H,15,16). The smallest absolute Gasteiger partial charge is 0.137 e. The minimum Gasteiger partial charge on any atom is -0.497 e. The number of nitrogens with zero attached hydrogens (tertiary/aromatic N) is 1. The van der Waals surface area contributed by atoms with Crippen molar-refractivity contribution < 1.29 is 4.74 Å². The van der Waals surface area contributed by atoms with Crippen LogP contribution in [-0.2, 0) is 5.41 Å². The molecule has 0 spiro atoms. The number of methoxy groups -OCH3 is 1. The van der Waals surface area contributed by atoms with E-state index in [1.165, 1.54) is 0 Å². The van der Waals surface area contributed by atoms with Crippen LogP contribution in [0, 0.1) is 0 Å². The van der Waals surface area contributed by atoms with E-state index >= 15 is 0 Å². The molecule has 0 fully saturated rings. The van der Waals surface area contributed by atoms with E-state index in [4.69, 9.17) is 4.74 Å². The fourth-order valence-corrected chi connectivity index (χ4v) is 1.60. The SMILES string of the molecule is COc1ccc(-c2ncc(C(C)(C)C)[nH]2)cc1. The van der Waals surface area contributed by atoms with E-state index in [1.54, 1.807) is 7.11 Å². The highest BCUT2D eigenvalue weighted by Crippen LogP contribution is 2.24. The van der Waals surface area contributed by atoms with E-state index in [2.05, 4.69) is 30.7 Å². The molecule has 0 saturated carbocycles. The monoisotopic (exact) mass is 230 g/mol. The number of nitrogens with one attached hydrogen (secondary N) is 1. The predicted molar refractivity (Wildman–Crippen MR) is 69.3 cm³/mol. The van der Waals surface area contributed by atoms with E-state index in [0.29, 0.717) is 0 Å². The number of rotatable bonds is 2. The maximum atomic E-state index is 5.13. The molecular weight excluding hydrogens is 212 g/mol. The molecule has 17 heavy (non-hydrogen) atoms. The number of aromatic amines is 1. The van der Waals surface area contributed by atoms with Gasteiger partial charge in [-0.25, -0.2) is 4.98 Å². The largest absolute Gasteiger partial charge is 0.497 e. The zero-order valence-electron chi connectivity index (χ0n) is 10.7. The summed E-state index contributed by atoms with van der Waals surface area (Å²) >= 11 is 0. The second kappa shape index (κ2) is 4.24. The summed E-state index contributed by atoms with van der Waals surface area (Å²) in [6.45, 7) is 6.49. The average molecular weight is 230 g/mol. The first kappa shape index (κ1) is 11.7. The molecule has 3 nitrogen and oxygen atoms in total. The molecule has 0 atom stereocenters. The van der Waals surface area contributed by atoms with E-state index in [-0.39, 0.29) is 5.41 Å². The molecule has 90 valence electrons. The van der Waals surface area contributed by atoms with Crippen molar-refractivity contribution in [1.29, 1.82) is 0 Å². The molecule has 1 heterocycles. The lowest BCUT2D eigenvalue weighted by Gasteiger charge is -2.15. The van der Waals surface area contributed by atoms with Crippen LogP contribution in [0.3, 0.4) is 0 Å². The Morgan fingerprint density at radius 3 is 2.24 bits per heavy atom. The maximum Gasteiger partial charge on any atom is 0.137 e. The van der Waals surface area contributed by atoms with Gasteiger partial charge < -0.3 is 9.72 Å². The third-order valence-electron chi connectivity index (χ3n) is 2.75. The van der Waals surface area contributed by atoms with Crippen LogP contribution in [-0.4, -0.2) is 17.1 Å². The molecule has 0 radical (unpaired) electrons. The van der Waals surface area contributed by atoms with Crippen molar-refractivity contribution in [3.63, 3.8) is 0 Å². The quantitative estimate of drug-likeness (QED) is 0.858. The van der Waals surface area contributed by atoms with Crippen LogP contribution in [0.5, 0.6) is 5.75 Å². The molecule has 1 aromatic carbocycles. The van der Waals surface area contributed by atoms with Gasteiger partial charge in [-0.15, -0.1) is 0 Å². The number of H-pyrrole nitrogens is 1. The van der Waals surface area contributed by atoms with Crippen molar-refractivity contribution >= 4 is 0 Å². The lowest BCUT2D eigenvalue weighted by atomic mass is 9.93. The zero-order chi connectivity index (χ0) is 12.5. The highest BCUT2D eigenvalue weighted by Gasteiger charge is 2.16. The van der Waals surface area contributed by atoms with Gasteiger partial charge in [-0.1, -0.05) is 20.8 Å². The number of imidazole rings is 1. The fraction of sp³-hybridized carbons (Fsp3) is 0.357. The first-order chi connectivity index (χ1) is 8.00. The lowest BCUT2D eigenvalue weighted by Crippen LogP contribution is -2.11. The number of aromatic nitrogens is 2. The normalized spacial score (nSPS) is 11.5. The predicted octanol–water partition coefficient (Wildman–Crippen LogP) is 3.38. The summed E-state index contributed by atoms with van der Waals surface area (Å²) in [4.78, 5) is 7.77. The van der Waals surface area contributed by atoms with Gasteiger partial charge >= 0.3 is 0 Å². The second-order valence-electron chi connectivity index (χ2n) is 5.12. The topological polar surface area (TPSA) is 37.9 Å².